The fourth-order valence-corrected chi connectivity index (χ4v) is 1.58. The topological polar surface area (TPSA) is 74.4 Å². The number of esters is 1. The monoisotopic (exact) mass is 296 g/mol. The van der Waals surface area contributed by atoms with Crippen LogP contribution in [0.25, 0.3) is 0 Å². The first-order valence-corrected chi connectivity index (χ1v) is 5.86. The molecule has 0 saturated heterocycles. The van der Waals surface area contributed by atoms with Gasteiger partial charge in [0.15, 0.2) is 0 Å². The number of hydrogen-bond acceptors (Lipinski definition) is 5. The third-order valence-corrected chi connectivity index (χ3v) is 2.69. The van der Waals surface area contributed by atoms with E-state index >= 15 is 0 Å². The molecule has 1 aromatic heterocycles. The van der Waals surface area contributed by atoms with Crippen molar-refractivity contribution in [2.24, 2.45) is 0 Å². The Hall–Kier alpha value is -2.34. The minimum absolute atomic E-state index is 0.0317. The van der Waals surface area contributed by atoms with Crippen LogP contribution in [0.2, 0.25) is 5.02 Å². The Morgan fingerprint density at radius 1 is 1.40 bits per heavy atom. The molecule has 1 heterocycles. The van der Waals surface area contributed by atoms with Crippen molar-refractivity contribution >= 4 is 23.3 Å². The number of benzene rings is 1. The average molecular weight is 297 g/mol. The number of carbonyl (C=O) groups excluding carboxylic acids is 1. The van der Waals surface area contributed by atoms with Gasteiger partial charge in [-0.1, -0.05) is 11.6 Å². The molecule has 0 fully saturated rings. The van der Waals surface area contributed by atoms with Gasteiger partial charge in [0.05, 0.1) is 24.0 Å². The van der Waals surface area contributed by atoms with Crippen LogP contribution in [0, 0.1) is 5.82 Å². The Morgan fingerprint density at radius 3 is 2.80 bits per heavy atom. The van der Waals surface area contributed by atoms with Crippen molar-refractivity contribution in [2.75, 3.05) is 12.8 Å². The van der Waals surface area contributed by atoms with E-state index in [0.29, 0.717) is 0 Å². The summed E-state index contributed by atoms with van der Waals surface area (Å²) in [5.74, 6) is -1.18. The summed E-state index contributed by atoms with van der Waals surface area (Å²) in [4.78, 5) is 15.5. The lowest BCUT2D eigenvalue weighted by molar-refractivity contribution is 0.0597. The van der Waals surface area contributed by atoms with Gasteiger partial charge in [-0.05, 0) is 18.2 Å². The Labute approximate surface area is 119 Å². The second-order valence-corrected chi connectivity index (χ2v) is 4.20. The number of pyridine rings is 1. The summed E-state index contributed by atoms with van der Waals surface area (Å²) in [6.07, 6.45) is 1.31. The van der Waals surface area contributed by atoms with Crippen molar-refractivity contribution in [1.29, 1.82) is 0 Å². The van der Waals surface area contributed by atoms with Gasteiger partial charge < -0.3 is 15.2 Å². The van der Waals surface area contributed by atoms with Crippen LogP contribution < -0.4 is 10.5 Å². The van der Waals surface area contributed by atoms with Crippen molar-refractivity contribution in [1.82, 2.24) is 4.98 Å². The van der Waals surface area contributed by atoms with Crippen molar-refractivity contribution in [3.63, 3.8) is 0 Å². The van der Waals surface area contributed by atoms with Crippen molar-refractivity contribution in [2.45, 2.75) is 0 Å². The highest BCUT2D eigenvalue weighted by molar-refractivity contribution is 6.30. The van der Waals surface area contributed by atoms with Gasteiger partial charge in [0.2, 0.25) is 5.88 Å². The zero-order valence-corrected chi connectivity index (χ0v) is 11.1. The maximum absolute atomic E-state index is 13.3. The number of methoxy groups -OCH3 is 1. The van der Waals surface area contributed by atoms with E-state index in [4.69, 9.17) is 22.1 Å². The number of hydrogen-bond donors (Lipinski definition) is 1. The molecule has 0 atom stereocenters. The zero-order valence-electron chi connectivity index (χ0n) is 10.4. The normalized spacial score (nSPS) is 10.2. The van der Waals surface area contributed by atoms with E-state index < -0.39 is 11.8 Å². The number of nitrogens with two attached hydrogens (primary N) is 1. The van der Waals surface area contributed by atoms with E-state index in [1.54, 1.807) is 0 Å². The van der Waals surface area contributed by atoms with Crippen molar-refractivity contribution < 1.29 is 18.7 Å². The van der Waals surface area contributed by atoms with E-state index in [0.717, 1.165) is 6.07 Å². The Morgan fingerprint density at radius 2 is 2.15 bits per heavy atom. The summed E-state index contributed by atoms with van der Waals surface area (Å²) in [5.41, 5.74) is 5.88. The summed E-state index contributed by atoms with van der Waals surface area (Å²) in [6.45, 7) is 0. The summed E-state index contributed by atoms with van der Waals surface area (Å²) in [6, 6.07) is 5.23. The molecule has 0 bridgehead atoms. The number of rotatable bonds is 3. The van der Waals surface area contributed by atoms with E-state index in [9.17, 15) is 9.18 Å². The van der Waals surface area contributed by atoms with Gasteiger partial charge >= 0.3 is 5.97 Å². The van der Waals surface area contributed by atoms with Crippen LogP contribution in [0.1, 0.15) is 10.4 Å². The molecule has 7 heteroatoms. The van der Waals surface area contributed by atoms with E-state index in [1.807, 2.05) is 0 Å². The fraction of sp³-hybridized carbons (Fsp3) is 0.0769. The first-order valence-electron chi connectivity index (χ1n) is 5.48. The Kier molecular flexibility index (Phi) is 4.05. The number of ether oxygens (including phenoxy) is 2. The maximum atomic E-state index is 13.3. The molecule has 0 aliphatic heterocycles. The predicted molar refractivity (Wildman–Crippen MR) is 71.5 cm³/mol. The first kappa shape index (κ1) is 14.1. The molecule has 0 radical (unpaired) electrons. The third kappa shape index (κ3) is 2.97. The third-order valence-electron chi connectivity index (χ3n) is 2.38. The molecule has 0 aliphatic rings. The maximum Gasteiger partial charge on any atom is 0.343 e. The number of anilines is 1. The van der Waals surface area contributed by atoms with Gasteiger partial charge in [0.1, 0.15) is 17.1 Å². The molecule has 5 nitrogen and oxygen atoms in total. The molecule has 0 amide bonds. The van der Waals surface area contributed by atoms with Crippen LogP contribution in [-0.4, -0.2) is 18.1 Å². The Bertz CT molecular complexity index is 664. The molecule has 0 unspecified atom stereocenters. The highest BCUT2D eigenvalue weighted by Gasteiger charge is 2.16. The van der Waals surface area contributed by atoms with Gasteiger partial charge in [0.25, 0.3) is 0 Å². The van der Waals surface area contributed by atoms with Gasteiger partial charge in [-0.3, -0.25) is 0 Å². The highest BCUT2D eigenvalue weighted by Crippen LogP contribution is 2.27. The van der Waals surface area contributed by atoms with Crippen LogP contribution >= 0.6 is 11.6 Å². The first-order chi connectivity index (χ1) is 9.51. The van der Waals surface area contributed by atoms with Crippen LogP contribution in [-0.2, 0) is 4.74 Å². The lowest BCUT2D eigenvalue weighted by Crippen LogP contribution is -2.06. The van der Waals surface area contributed by atoms with Crippen LogP contribution in [0.5, 0.6) is 11.6 Å². The zero-order chi connectivity index (χ0) is 14.7. The second-order valence-electron chi connectivity index (χ2n) is 3.79. The molecule has 0 aliphatic carbocycles. The van der Waals surface area contributed by atoms with Crippen LogP contribution in [0.15, 0.2) is 30.5 Å². The molecular weight excluding hydrogens is 287 g/mol. The fourth-order valence-electron chi connectivity index (χ4n) is 1.46. The standard InChI is InChI=1S/C13H10ClFN2O3/c1-19-13(18)9-4-7(16)6-17-12(9)20-8-2-3-10(14)11(15)5-8/h2-6H,16H2,1H3. The molecule has 1 aromatic carbocycles. The van der Waals surface area contributed by atoms with Gasteiger partial charge in [-0.25, -0.2) is 14.2 Å². The van der Waals surface area contributed by atoms with E-state index in [2.05, 4.69) is 9.72 Å². The summed E-state index contributed by atoms with van der Waals surface area (Å²) in [5, 5.41) is -0.0317. The SMILES string of the molecule is COC(=O)c1cc(N)cnc1Oc1ccc(Cl)c(F)c1. The van der Waals surface area contributed by atoms with Gasteiger partial charge in [0, 0.05) is 6.07 Å². The minimum atomic E-state index is -0.658. The lowest BCUT2D eigenvalue weighted by Gasteiger charge is -2.09. The van der Waals surface area contributed by atoms with Crippen LogP contribution in [0.3, 0.4) is 0 Å². The smallest absolute Gasteiger partial charge is 0.343 e. The molecule has 2 N–H and O–H groups in total. The number of nitrogens with zero attached hydrogens (tertiary/aromatic N) is 1. The molecule has 104 valence electrons. The second kappa shape index (κ2) is 5.75. The number of carbonyl (C=O) groups is 1. The lowest BCUT2D eigenvalue weighted by atomic mass is 10.2. The number of nitrogen functional groups attached to an aromatic ring is 1. The minimum Gasteiger partial charge on any atom is -0.465 e. The summed E-state index contributed by atoms with van der Waals surface area (Å²) >= 11 is 5.57. The largest absolute Gasteiger partial charge is 0.465 e. The molecular formula is C13H10ClFN2O3. The Balaban J connectivity index is 2.37. The number of halogens is 2. The highest BCUT2D eigenvalue weighted by atomic mass is 35.5. The average Bonchev–Trinajstić information content (AvgIpc) is 2.44. The van der Waals surface area contributed by atoms with Crippen LogP contribution in [0.4, 0.5) is 10.1 Å². The van der Waals surface area contributed by atoms with Gasteiger partial charge in [-0.2, -0.15) is 0 Å². The predicted octanol–water partition coefficient (Wildman–Crippen LogP) is 3.04. The molecule has 2 aromatic rings. The molecule has 0 saturated carbocycles. The van der Waals surface area contributed by atoms with E-state index in [1.165, 1.54) is 31.5 Å². The quantitative estimate of drug-likeness (QED) is 0.881. The van der Waals surface area contributed by atoms with E-state index in [-0.39, 0.29) is 27.9 Å². The van der Waals surface area contributed by atoms with Gasteiger partial charge in [-0.15, -0.1) is 0 Å². The van der Waals surface area contributed by atoms with Crippen molar-refractivity contribution in [3.05, 3.63) is 46.9 Å². The molecule has 2 rings (SSSR count). The summed E-state index contributed by atoms with van der Waals surface area (Å²) < 4.78 is 23.3. The number of aromatic nitrogens is 1. The molecule has 20 heavy (non-hydrogen) atoms. The summed E-state index contributed by atoms with van der Waals surface area (Å²) in [7, 11) is 1.22. The van der Waals surface area contributed by atoms with Crippen molar-refractivity contribution in [3.8, 4) is 11.6 Å². The molecule has 0 spiro atoms.